The van der Waals surface area contributed by atoms with Gasteiger partial charge in [0.1, 0.15) is 11.5 Å². The Bertz CT molecular complexity index is 1220. The highest BCUT2D eigenvalue weighted by Crippen LogP contribution is 2.30. The van der Waals surface area contributed by atoms with Crippen LogP contribution in [0.3, 0.4) is 0 Å². The van der Waals surface area contributed by atoms with Gasteiger partial charge in [-0.1, -0.05) is 17.3 Å². The van der Waals surface area contributed by atoms with Crippen molar-refractivity contribution in [2.24, 2.45) is 5.92 Å². The normalized spacial score (nSPS) is 15.9. The first kappa shape index (κ1) is 22.4. The van der Waals surface area contributed by atoms with E-state index in [1.807, 2.05) is 36.6 Å². The van der Waals surface area contributed by atoms with Crippen molar-refractivity contribution < 1.29 is 17.7 Å². The number of nitrogens with one attached hydrogen (secondary N) is 1. The van der Waals surface area contributed by atoms with Crippen molar-refractivity contribution in [1.29, 1.82) is 0 Å². The number of pyridine rings is 1. The van der Waals surface area contributed by atoms with Gasteiger partial charge in [-0.05, 0) is 61.9 Å². The number of hydrogen-bond donors (Lipinski definition) is 1. The number of rotatable bonds is 6. The van der Waals surface area contributed by atoms with Gasteiger partial charge in [-0.2, -0.15) is 4.31 Å². The number of aromatic nitrogens is 2. The van der Waals surface area contributed by atoms with E-state index in [-0.39, 0.29) is 35.6 Å². The molecule has 3 aromatic rings. The molecule has 168 valence electrons. The van der Waals surface area contributed by atoms with Crippen LogP contribution in [0.4, 0.5) is 5.82 Å². The van der Waals surface area contributed by atoms with Crippen molar-refractivity contribution in [3.8, 4) is 0 Å². The summed E-state index contributed by atoms with van der Waals surface area (Å²) in [5.41, 5.74) is 1.20. The van der Waals surface area contributed by atoms with E-state index in [0.717, 1.165) is 10.4 Å². The highest BCUT2D eigenvalue weighted by atomic mass is 32.2. The van der Waals surface area contributed by atoms with Gasteiger partial charge in [-0.15, -0.1) is 11.3 Å². The molecule has 3 aromatic heterocycles. The second kappa shape index (κ2) is 9.35. The molecule has 1 aliphatic heterocycles. The van der Waals surface area contributed by atoms with Crippen LogP contribution in [0.25, 0.3) is 12.2 Å². The fourth-order valence-electron chi connectivity index (χ4n) is 3.67. The van der Waals surface area contributed by atoms with Gasteiger partial charge in [0.25, 0.3) is 0 Å². The van der Waals surface area contributed by atoms with Gasteiger partial charge < -0.3 is 9.84 Å². The van der Waals surface area contributed by atoms with Gasteiger partial charge in [0.2, 0.25) is 15.9 Å². The molecule has 0 aromatic carbocycles. The van der Waals surface area contributed by atoms with E-state index in [0.29, 0.717) is 24.4 Å². The third kappa shape index (κ3) is 4.67. The highest BCUT2D eigenvalue weighted by Gasteiger charge is 2.36. The molecule has 0 bridgehead atoms. The van der Waals surface area contributed by atoms with Crippen molar-refractivity contribution in [1.82, 2.24) is 14.4 Å². The number of aryl methyl sites for hydroxylation is 2. The number of amides is 1. The quantitative estimate of drug-likeness (QED) is 0.582. The van der Waals surface area contributed by atoms with Crippen LogP contribution < -0.4 is 5.32 Å². The molecule has 32 heavy (non-hydrogen) atoms. The third-order valence-corrected chi connectivity index (χ3v) is 8.34. The molecular formula is C22H24N4O4S2. The lowest BCUT2D eigenvalue weighted by Crippen LogP contribution is -2.41. The average molecular weight is 473 g/mol. The van der Waals surface area contributed by atoms with Crippen molar-refractivity contribution in [2.45, 2.75) is 31.6 Å². The monoisotopic (exact) mass is 472 g/mol. The standard InChI is InChI=1S/C22H24N4O4S2/c1-15-5-3-11-23-21(15)24-22(27)17-9-12-26(13-10-17)32(28,29)20-16(2)25-30-19(20)8-7-18-6-4-14-31-18/h3-8,11,14,17H,9-10,12-13H2,1-2H3,(H,23,24,27). The van der Waals surface area contributed by atoms with E-state index in [9.17, 15) is 13.2 Å². The van der Waals surface area contributed by atoms with Crippen LogP contribution in [-0.2, 0) is 14.8 Å². The Morgan fingerprint density at radius 2 is 2.00 bits per heavy atom. The molecule has 0 aliphatic carbocycles. The smallest absolute Gasteiger partial charge is 0.248 e. The summed E-state index contributed by atoms with van der Waals surface area (Å²) in [5, 5.41) is 8.68. The van der Waals surface area contributed by atoms with Gasteiger partial charge in [-0.3, -0.25) is 4.79 Å². The van der Waals surface area contributed by atoms with E-state index < -0.39 is 10.0 Å². The molecule has 1 fully saturated rings. The predicted octanol–water partition coefficient (Wildman–Crippen LogP) is 3.96. The van der Waals surface area contributed by atoms with Crippen LogP contribution in [0.2, 0.25) is 0 Å². The summed E-state index contributed by atoms with van der Waals surface area (Å²) in [5.74, 6) is 0.338. The van der Waals surface area contributed by atoms with Crippen molar-refractivity contribution in [3.63, 3.8) is 0 Å². The van der Waals surface area contributed by atoms with Gasteiger partial charge in [-0.25, -0.2) is 13.4 Å². The van der Waals surface area contributed by atoms with Gasteiger partial charge in [0.05, 0.1) is 0 Å². The lowest BCUT2D eigenvalue weighted by atomic mass is 9.97. The van der Waals surface area contributed by atoms with Gasteiger partial charge in [0.15, 0.2) is 10.7 Å². The van der Waals surface area contributed by atoms with Gasteiger partial charge >= 0.3 is 0 Å². The van der Waals surface area contributed by atoms with E-state index in [1.165, 1.54) is 4.31 Å². The molecule has 0 atom stereocenters. The first-order valence-electron chi connectivity index (χ1n) is 10.3. The topological polar surface area (TPSA) is 105 Å². The molecule has 1 aliphatic rings. The largest absolute Gasteiger partial charge is 0.355 e. The van der Waals surface area contributed by atoms with Crippen LogP contribution >= 0.6 is 11.3 Å². The first-order chi connectivity index (χ1) is 15.4. The first-order valence-corrected chi connectivity index (χ1v) is 12.6. The van der Waals surface area contributed by atoms with Crippen LogP contribution in [0.15, 0.2) is 45.3 Å². The Morgan fingerprint density at radius 1 is 1.22 bits per heavy atom. The van der Waals surface area contributed by atoms with Gasteiger partial charge in [0, 0.05) is 30.1 Å². The second-order valence-electron chi connectivity index (χ2n) is 7.65. The SMILES string of the molecule is Cc1cccnc1NC(=O)C1CCN(S(=O)(=O)c2c(C)noc2C=Cc2cccs2)CC1. The van der Waals surface area contributed by atoms with E-state index in [2.05, 4.69) is 15.5 Å². The average Bonchev–Trinajstić information content (AvgIpc) is 3.43. The van der Waals surface area contributed by atoms with E-state index in [1.54, 1.807) is 36.6 Å². The van der Waals surface area contributed by atoms with Crippen molar-refractivity contribution in [3.05, 3.63) is 57.7 Å². The van der Waals surface area contributed by atoms with Crippen LogP contribution in [0, 0.1) is 19.8 Å². The van der Waals surface area contributed by atoms with Crippen molar-refractivity contribution >= 4 is 45.2 Å². The minimum Gasteiger partial charge on any atom is -0.355 e. The Labute approximate surface area is 191 Å². The molecule has 1 amide bonds. The van der Waals surface area contributed by atoms with Crippen LogP contribution in [0.5, 0.6) is 0 Å². The van der Waals surface area contributed by atoms with E-state index in [4.69, 9.17) is 4.52 Å². The number of piperidine rings is 1. The maximum absolute atomic E-state index is 13.3. The molecule has 0 radical (unpaired) electrons. The zero-order chi connectivity index (χ0) is 22.7. The van der Waals surface area contributed by atoms with Crippen LogP contribution in [0.1, 0.15) is 34.7 Å². The third-order valence-electron chi connectivity index (χ3n) is 5.45. The highest BCUT2D eigenvalue weighted by molar-refractivity contribution is 7.89. The zero-order valence-corrected chi connectivity index (χ0v) is 19.4. The summed E-state index contributed by atoms with van der Waals surface area (Å²) in [7, 11) is -3.80. The predicted molar refractivity (Wildman–Crippen MR) is 124 cm³/mol. The lowest BCUT2D eigenvalue weighted by molar-refractivity contribution is -0.120. The lowest BCUT2D eigenvalue weighted by Gasteiger charge is -2.30. The summed E-state index contributed by atoms with van der Waals surface area (Å²) in [6, 6.07) is 7.54. The summed E-state index contributed by atoms with van der Waals surface area (Å²) in [4.78, 5) is 17.9. The Balaban J connectivity index is 1.45. The molecule has 0 unspecified atom stereocenters. The molecule has 8 nitrogen and oxygen atoms in total. The Hall–Kier alpha value is -2.82. The van der Waals surface area contributed by atoms with Crippen LogP contribution in [-0.4, -0.2) is 41.9 Å². The number of anilines is 1. The fourth-order valence-corrected chi connectivity index (χ4v) is 6.00. The summed E-state index contributed by atoms with van der Waals surface area (Å²) in [6.07, 6.45) is 5.93. The molecule has 1 saturated heterocycles. The second-order valence-corrected chi connectivity index (χ2v) is 10.5. The Kier molecular flexibility index (Phi) is 6.54. The number of carbonyl (C=O) groups excluding carboxylic acids is 1. The molecule has 0 spiro atoms. The summed E-state index contributed by atoms with van der Waals surface area (Å²) in [6.45, 7) is 4.00. The fraction of sp³-hybridized carbons (Fsp3) is 0.318. The molecule has 0 saturated carbocycles. The summed E-state index contributed by atoms with van der Waals surface area (Å²) >= 11 is 1.54. The number of sulfonamides is 1. The molecule has 4 rings (SSSR count). The molecule has 10 heteroatoms. The minimum atomic E-state index is -3.80. The molecular weight excluding hydrogens is 448 g/mol. The maximum Gasteiger partial charge on any atom is 0.248 e. The zero-order valence-electron chi connectivity index (χ0n) is 17.8. The minimum absolute atomic E-state index is 0.0809. The number of carbonyl (C=O) groups is 1. The summed E-state index contributed by atoms with van der Waals surface area (Å²) < 4.78 is 33.4. The number of hydrogen-bond acceptors (Lipinski definition) is 7. The maximum atomic E-state index is 13.3. The molecule has 4 heterocycles. The Morgan fingerprint density at radius 3 is 2.69 bits per heavy atom. The molecule has 1 N–H and O–H groups in total. The number of thiophene rings is 1. The van der Waals surface area contributed by atoms with E-state index >= 15 is 0 Å². The number of nitrogens with zero attached hydrogens (tertiary/aromatic N) is 3. The van der Waals surface area contributed by atoms with Crippen molar-refractivity contribution in [2.75, 3.05) is 18.4 Å².